The van der Waals surface area contributed by atoms with Gasteiger partial charge in [0.15, 0.2) is 0 Å². The van der Waals surface area contributed by atoms with E-state index >= 15 is 0 Å². The summed E-state index contributed by atoms with van der Waals surface area (Å²) in [5.41, 5.74) is 3.68. The van der Waals surface area contributed by atoms with E-state index in [1.807, 2.05) is 65.0 Å². The molecule has 1 aromatic heterocycles. The largest absolute Gasteiger partial charge is 0.369 e. The van der Waals surface area contributed by atoms with Crippen LogP contribution in [0.5, 0.6) is 0 Å². The van der Waals surface area contributed by atoms with E-state index in [9.17, 15) is 4.79 Å². The SMILES string of the molecule is N#CCCn1cc(/C=C/C(=O)Nc2ccc(N3CCSCC3)c(Cl)c2)c2ccccc21. The molecule has 0 aliphatic carbocycles. The lowest BCUT2D eigenvalue weighted by Crippen LogP contribution is -2.32. The number of nitrogens with one attached hydrogen (secondary N) is 1. The van der Waals surface area contributed by atoms with Crippen molar-refractivity contribution in [2.45, 2.75) is 13.0 Å². The Morgan fingerprint density at radius 3 is 2.81 bits per heavy atom. The summed E-state index contributed by atoms with van der Waals surface area (Å²) in [7, 11) is 0. The molecule has 5 nitrogen and oxygen atoms in total. The average molecular weight is 451 g/mol. The van der Waals surface area contributed by atoms with E-state index in [2.05, 4.69) is 16.3 Å². The van der Waals surface area contributed by atoms with Gasteiger partial charge in [-0.15, -0.1) is 0 Å². The Morgan fingerprint density at radius 1 is 1.23 bits per heavy atom. The van der Waals surface area contributed by atoms with Crippen LogP contribution >= 0.6 is 23.4 Å². The van der Waals surface area contributed by atoms with E-state index in [1.165, 1.54) is 6.08 Å². The highest BCUT2D eigenvalue weighted by Gasteiger charge is 2.14. The molecule has 3 aromatic rings. The maximum absolute atomic E-state index is 12.5. The fourth-order valence-corrected chi connectivity index (χ4v) is 4.96. The van der Waals surface area contributed by atoms with Gasteiger partial charge < -0.3 is 14.8 Å². The highest BCUT2D eigenvalue weighted by atomic mass is 35.5. The van der Waals surface area contributed by atoms with Gasteiger partial charge in [-0.3, -0.25) is 4.79 Å². The number of amides is 1. The van der Waals surface area contributed by atoms with Crippen LogP contribution in [-0.4, -0.2) is 35.1 Å². The van der Waals surface area contributed by atoms with Gasteiger partial charge in [0.25, 0.3) is 0 Å². The number of benzene rings is 2. The van der Waals surface area contributed by atoms with Crippen molar-refractivity contribution in [1.82, 2.24) is 4.57 Å². The normalized spacial score (nSPS) is 14.1. The second-order valence-corrected chi connectivity index (χ2v) is 8.92. The quantitative estimate of drug-likeness (QED) is 0.510. The van der Waals surface area contributed by atoms with E-state index in [-0.39, 0.29) is 5.91 Å². The summed E-state index contributed by atoms with van der Waals surface area (Å²) in [6.45, 7) is 2.60. The molecule has 2 heterocycles. The number of para-hydroxylation sites is 1. The summed E-state index contributed by atoms with van der Waals surface area (Å²) in [5.74, 6) is 1.99. The van der Waals surface area contributed by atoms with Crippen LogP contribution in [0.2, 0.25) is 5.02 Å². The molecule has 0 saturated carbocycles. The molecule has 0 bridgehead atoms. The van der Waals surface area contributed by atoms with Crippen LogP contribution < -0.4 is 10.2 Å². The third-order valence-electron chi connectivity index (χ3n) is 5.27. The lowest BCUT2D eigenvalue weighted by molar-refractivity contribution is -0.111. The van der Waals surface area contributed by atoms with Crippen LogP contribution in [0.1, 0.15) is 12.0 Å². The highest BCUT2D eigenvalue weighted by Crippen LogP contribution is 2.30. The number of aryl methyl sites for hydroxylation is 1. The van der Waals surface area contributed by atoms with Crippen LogP contribution in [0.25, 0.3) is 17.0 Å². The average Bonchev–Trinajstić information content (AvgIpc) is 3.15. The molecule has 1 amide bonds. The van der Waals surface area contributed by atoms with Gasteiger partial charge in [0.05, 0.1) is 23.2 Å². The molecule has 1 aliphatic heterocycles. The number of carbonyl (C=O) groups excluding carboxylic acids is 1. The molecule has 0 unspecified atom stereocenters. The highest BCUT2D eigenvalue weighted by molar-refractivity contribution is 7.99. The minimum absolute atomic E-state index is 0.216. The maximum Gasteiger partial charge on any atom is 0.248 e. The van der Waals surface area contributed by atoms with Gasteiger partial charge in [0, 0.05) is 65.6 Å². The van der Waals surface area contributed by atoms with Crippen molar-refractivity contribution in [2.24, 2.45) is 0 Å². The summed E-state index contributed by atoms with van der Waals surface area (Å²) in [4.78, 5) is 14.8. The smallest absolute Gasteiger partial charge is 0.248 e. The Bertz CT molecular complexity index is 1160. The van der Waals surface area contributed by atoms with Gasteiger partial charge in [-0.05, 0) is 30.3 Å². The molecule has 1 aliphatic rings. The van der Waals surface area contributed by atoms with Crippen molar-refractivity contribution < 1.29 is 4.79 Å². The van der Waals surface area contributed by atoms with Gasteiger partial charge in [-0.1, -0.05) is 29.8 Å². The van der Waals surface area contributed by atoms with Crippen LogP contribution in [0.4, 0.5) is 11.4 Å². The first-order valence-electron chi connectivity index (χ1n) is 10.2. The van der Waals surface area contributed by atoms with E-state index in [4.69, 9.17) is 16.9 Å². The summed E-state index contributed by atoms with van der Waals surface area (Å²) >= 11 is 8.44. The number of thioether (sulfide) groups is 1. The van der Waals surface area contributed by atoms with Gasteiger partial charge in [0.1, 0.15) is 0 Å². The second-order valence-electron chi connectivity index (χ2n) is 7.29. The molecule has 31 heavy (non-hydrogen) atoms. The van der Waals surface area contributed by atoms with Crippen molar-refractivity contribution in [3.63, 3.8) is 0 Å². The standard InChI is InChI=1S/C24H23ClN4OS/c25-21-16-19(7-8-23(21)28-12-14-31-15-13-28)27-24(30)9-6-18-17-29(11-3-10-26)22-5-2-1-4-20(18)22/h1-2,4-9,16-17H,3,11-15H2,(H,27,30)/b9-6+. The van der Waals surface area contributed by atoms with E-state index in [1.54, 1.807) is 6.07 Å². The van der Waals surface area contributed by atoms with E-state index in [0.717, 1.165) is 46.7 Å². The Labute approximate surface area is 191 Å². The number of carbonyl (C=O) groups is 1. The van der Waals surface area contributed by atoms with Crippen molar-refractivity contribution >= 4 is 57.6 Å². The van der Waals surface area contributed by atoms with E-state index in [0.29, 0.717) is 23.7 Å². The molecule has 2 aromatic carbocycles. The molecule has 1 fully saturated rings. The summed E-state index contributed by atoms with van der Waals surface area (Å²) in [6, 6.07) is 15.8. The Kier molecular flexibility index (Phi) is 6.86. The monoisotopic (exact) mass is 450 g/mol. The van der Waals surface area contributed by atoms with Crippen LogP contribution in [0.15, 0.2) is 54.7 Å². The number of rotatable bonds is 6. The predicted molar refractivity (Wildman–Crippen MR) is 131 cm³/mol. The number of nitrogens with zero attached hydrogens (tertiary/aromatic N) is 3. The molecule has 0 spiro atoms. The first kappa shape index (κ1) is 21.4. The van der Waals surface area contributed by atoms with Crippen molar-refractivity contribution in [3.8, 4) is 6.07 Å². The minimum Gasteiger partial charge on any atom is -0.369 e. The Hall–Kier alpha value is -2.88. The first-order chi connectivity index (χ1) is 15.2. The number of hydrogen-bond acceptors (Lipinski definition) is 4. The third kappa shape index (κ3) is 5.07. The van der Waals surface area contributed by atoms with Crippen molar-refractivity contribution in [2.75, 3.05) is 34.8 Å². The predicted octanol–water partition coefficient (Wildman–Crippen LogP) is 5.41. The molecule has 158 valence electrons. The maximum atomic E-state index is 12.5. The number of anilines is 2. The fraction of sp³-hybridized carbons (Fsp3) is 0.250. The first-order valence-corrected chi connectivity index (χ1v) is 11.7. The third-order valence-corrected chi connectivity index (χ3v) is 6.51. The fourth-order valence-electron chi connectivity index (χ4n) is 3.76. The minimum atomic E-state index is -0.216. The molecule has 4 rings (SSSR count). The zero-order valence-electron chi connectivity index (χ0n) is 17.1. The van der Waals surface area contributed by atoms with Crippen LogP contribution in [-0.2, 0) is 11.3 Å². The second kappa shape index (κ2) is 9.95. The van der Waals surface area contributed by atoms with Crippen molar-refractivity contribution in [3.05, 3.63) is 65.3 Å². The molecule has 1 saturated heterocycles. The van der Waals surface area contributed by atoms with Gasteiger partial charge in [-0.25, -0.2) is 0 Å². The number of halogens is 1. The number of aromatic nitrogens is 1. The van der Waals surface area contributed by atoms with Crippen molar-refractivity contribution in [1.29, 1.82) is 5.26 Å². The lowest BCUT2D eigenvalue weighted by Gasteiger charge is -2.29. The van der Waals surface area contributed by atoms with Crippen LogP contribution in [0.3, 0.4) is 0 Å². The molecule has 1 N–H and O–H groups in total. The molecule has 0 radical (unpaired) electrons. The van der Waals surface area contributed by atoms with Gasteiger partial charge in [0.2, 0.25) is 5.91 Å². The topological polar surface area (TPSA) is 61.1 Å². The Balaban J connectivity index is 1.46. The molecular weight excluding hydrogens is 428 g/mol. The molecular formula is C24H23ClN4OS. The Morgan fingerprint density at radius 2 is 2.03 bits per heavy atom. The molecule has 7 heteroatoms. The summed E-state index contributed by atoms with van der Waals surface area (Å²) in [6.07, 6.45) is 5.76. The zero-order chi connectivity index (χ0) is 21.6. The summed E-state index contributed by atoms with van der Waals surface area (Å²) in [5, 5.41) is 13.5. The van der Waals surface area contributed by atoms with E-state index < -0.39 is 0 Å². The summed E-state index contributed by atoms with van der Waals surface area (Å²) < 4.78 is 2.05. The number of hydrogen-bond donors (Lipinski definition) is 1. The lowest BCUT2D eigenvalue weighted by atomic mass is 10.1. The number of fused-ring (bicyclic) bond motifs is 1. The number of nitriles is 1. The van der Waals surface area contributed by atoms with Gasteiger partial charge in [-0.2, -0.15) is 17.0 Å². The van der Waals surface area contributed by atoms with Gasteiger partial charge >= 0.3 is 0 Å². The zero-order valence-corrected chi connectivity index (χ0v) is 18.6. The van der Waals surface area contributed by atoms with Crippen LogP contribution in [0, 0.1) is 11.3 Å². The molecule has 0 atom stereocenters.